The van der Waals surface area contributed by atoms with Gasteiger partial charge in [-0.25, -0.2) is 4.79 Å². The zero-order valence-corrected chi connectivity index (χ0v) is 8.85. The summed E-state index contributed by atoms with van der Waals surface area (Å²) in [7, 11) is 0. The van der Waals surface area contributed by atoms with Gasteiger partial charge in [-0.2, -0.15) is 0 Å². The molecule has 0 aromatic heterocycles. The third-order valence-corrected chi connectivity index (χ3v) is 2.43. The van der Waals surface area contributed by atoms with E-state index in [1.54, 1.807) is 29.2 Å². The summed E-state index contributed by atoms with van der Waals surface area (Å²) >= 11 is 0. The molecule has 0 unspecified atom stereocenters. The topological polar surface area (TPSA) is 61.8 Å². The molecular formula is C11H14N2O3. The van der Waals surface area contributed by atoms with Gasteiger partial charge < -0.3 is 20.1 Å². The first-order valence-electron chi connectivity index (χ1n) is 5.21. The van der Waals surface area contributed by atoms with Gasteiger partial charge in [-0.3, -0.25) is 0 Å². The molecule has 0 spiro atoms. The molecule has 1 aromatic rings. The number of benzene rings is 1. The van der Waals surface area contributed by atoms with E-state index in [1.807, 2.05) is 0 Å². The van der Waals surface area contributed by atoms with Gasteiger partial charge in [0.25, 0.3) is 0 Å². The number of para-hydroxylation sites is 2. The third-order valence-electron chi connectivity index (χ3n) is 2.43. The fraction of sp³-hybridized carbons (Fsp3) is 0.364. The van der Waals surface area contributed by atoms with Gasteiger partial charge in [0.1, 0.15) is 6.61 Å². The first-order valence-corrected chi connectivity index (χ1v) is 5.21. The fourth-order valence-electron chi connectivity index (χ4n) is 1.57. The van der Waals surface area contributed by atoms with Crippen LogP contribution in [0.1, 0.15) is 0 Å². The highest BCUT2D eigenvalue weighted by molar-refractivity contribution is 5.76. The highest BCUT2D eigenvalue weighted by atomic mass is 16.5. The van der Waals surface area contributed by atoms with Crippen LogP contribution < -0.4 is 10.1 Å². The average molecular weight is 222 g/mol. The van der Waals surface area contributed by atoms with Crippen molar-refractivity contribution in [3.05, 3.63) is 24.3 Å². The van der Waals surface area contributed by atoms with Crippen LogP contribution in [0.25, 0.3) is 0 Å². The van der Waals surface area contributed by atoms with E-state index in [-0.39, 0.29) is 11.8 Å². The minimum atomic E-state index is -0.0547. The summed E-state index contributed by atoms with van der Waals surface area (Å²) in [5, 5.41) is 12.1. The number of urea groups is 1. The summed E-state index contributed by atoms with van der Waals surface area (Å²) in [4.78, 5) is 12.9. The van der Waals surface area contributed by atoms with Crippen LogP contribution in [0.2, 0.25) is 0 Å². The van der Waals surface area contributed by atoms with Crippen molar-refractivity contribution in [1.29, 1.82) is 0 Å². The van der Waals surface area contributed by atoms with Gasteiger partial charge in [-0.15, -0.1) is 0 Å². The van der Waals surface area contributed by atoms with Crippen molar-refractivity contribution in [2.24, 2.45) is 0 Å². The van der Waals surface area contributed by atoms with Gasteiger partial charge in [-0.1, -0.05) is 12.1 Å². The van der Waals surface area contributed by atoms with Crippen molar-refractivity contribution < 1.29 is 14.6 Å². The lowest BCUT2D eigenvalue weighted by molar-refractivity contribution is 0.201. The van der Waals surface area contributed by atoms with Crippen molar-refractivity contribution in [2.45, 2.75) is 0 Å². The van der Waals surface area contributed by atoms with E-state index in [4.69, 9.17) is 4.74 Å². The SMILES string of the molecule is O=C1NCCN1CCOc1ccccc1O. The third kappa shape index (κ3) is 2.36. The first kappa shape index (κ1) is 10.6. The maximum atomic E-state index is 11.2. The van der Waals surface area contributed by atoms with E-state index in [9.17, 15) is 9.90 Å². The molecule has 2 amide bonds. The fourth-order valence-corrected chi connectivity index (χ4v) is 1.57. The number of aromatic hydroxyl groups is 1. The Bertz CT molecular complexity index is 381. The summed E-state index contributed by atoms with van der Waals surface area (Å²) in [6.45, 7) is 2.31. The standard InChI is InChI=1S/C11H14N2O3/c14-9-3-1-2-4-10(9)16-8-7-13-6-5-12-11(13)15/h1-4,14H,5-8H2,(H,12,15). The van der Waals surface area contributed by atoms with E-state index < -0.39 is 0 Å². The highest BCUT2D eigenvalue weighted by Crippen LogP contribution is 2.24. The lowest BCUT2D eigenvalue weighted by atomic mass is 10.3. The number of phenolic OH excluding ortho intramolecular Hbond substituents is 1. The minimum absolute atomic E-state index is 0.0547. The Morgan fingerprint density at radius 1 is 1.44 bits per heavy atom. The van der Waals surface area contributed by atoms with E-state index in [2.05, 4.69) is 5.32 Å². The molecule has 1 fully saturated rings. The highest BCUT2D eigenvalue weighted by Gasteiger charge is 2.18. The second-order valence-corrected chi connectivity index (χ2v) is 3.54. The van der Waals surface area contributed by atoms with Gasteiger partial charge >= 0.3 is 6.03 Å². The van der Waals surface area contributed by atoms with Gasteiger partial charge in [-0.05, 0) is 12.1 Å². The Morgan fingerprint density at radius 2 is 2.25 bits per heavy atom. The number of phenols is 1. The molecule has 5 nitrogen and oxygen atoms in total. The number of carbonyl (C=O) groups is 1. The summed E-state index contributed by atoms with van der Waals surface area (Å²) in [6.07, 6.45) is 0. The molecule has 1 aromatic carbocycles. The number of hydrogen-bond donors (Lipinski definition) is 2. The number of ether oxygens (including phenoxy) is 1. The van der Waals surface area contributed by atoms with Crippen LogP contribution in [0, 0.1) is 0 Å². The maximum absolute atomic E-state index is 11.2. The Morgan fingerprint density at radius 3 is 2.94 bits per heavy atom. The number of nitrogens with one attached hydrogen (secondary N) is 1. The van der Waals surface area contributed by atoms with Crippen LogP contribution in [-0.2, 0) is 0 Å². The molecule has 16 heavy (non-hydrogen) atoms. The van der Waals surface area contributed by atoms with Crippen LogP contribution in [0.5, 0.6) is 11.5 Å². The zero-order chi connectivity index (χ0) is 11.4. The molecule has 0 atom stereocenters. The van der Waals surface area contributed by atoms with Crippen LogP contribution in [0.3, 0.4) is 0 Å². The molecule has 5 heteroatoms. The van der Waals surface area contributed by atoms with E-state index >= 15 is 0 Å². The Labute approximate surface area is 93.6 Å². The predicted octanol–water partition coefficient (Wildman–Crippen LogP) is 0.796. The van der Waals surface area contributed by atoms with Crippen LogP contribution in [-0.4, -0.2) is 42.3 Å². The van der Waals surface area contributed by atoms with Gasteiger partial charge in [0.2, 0.25) is 0 Å². The normalized spacial score (nSPS) is 15.0. The van der Waals surface area contributed by atoms with Crippen molar-refractivity contribution in [2.75, 3.05) is 26.2 Å². The second-order valence-electron chi connectivity index (χ2n) is 3.54. The number of amides is 2. The molecule has 1 saturated heterocycles. The Balaban J connectivity index is 1.80. The summed E-state index contributed by atoms with van der Waals surface area (Å²) in [6, 6.07) is 6.73. The first-order chi connectivity index (χ1) is 7.77. The minimum Gasteiger partial charge on any atom is -0.504 e. The number of carbonyl (C=O) groups excluding carboxylic acids is 1. The molecule has 1 aliphatic heterocycles. The van der Waals surface area contributed by atoms with Crippen molar-refractivity contribution in [3.8, 4) is 11.5 Å². The zero-order valence-electron chi connectivity index (χ0n) is 8.85. The molecule has 0 aliphatic carbocycles. The summed E-state index contributed by atoms with van der Waals surface area (Å²) in [5.41, 5.74) is 0. The smallest absolute Gasteiger partial charge is 0.317 e. The quantitative estimate of drug-likeness (QED) is 0.792. The molecule has 0 saturated carbocycles. The van der Waals surface area contributed by atoms with Gasteiger partial charge in [0.05, 0.1) is 6.54 Å². The van der Waals surface area contributed by atoms with E-state index in [0.29, 0.717) is 32.0 Å². The lowest BCUT2D eigenvalue weighted by Gasteiger charge is -2.14. The second kappa shape index (κ2) is 4.74. The number of hydrogen-bond acceptors (Lipinski definition) is 3. The molecule has 86 valence electrons. The maximum Gasteiger partial charge on any atom is 0.317 e. The molecular weight excluding hydrogens is 208 g/mol. The van der Waals surface area contributed by atoms with E-state index in [0.717, 1.165) is 0 Å². The van der Waals surface area contributed by atoms with E-state index in [1.165, 1.54) is 0 Å². The summed E-state index contributed by atoms with van der Waals surface area (Å²) in [5.74, 6) is 0.565. The Hall–Kier alpha value is -1.91. The van der Waals surface area contributed by atoms with Crippen molar-refractivity contribution in [1.82, 2.24) is 10.2 Å². The van der Waals surface area contributed by atoms with Gasteiger partial charge in [0.15, 0.2) is 11.5 Å². The number of nitrogens with zero attached hydrogens (tertiary/aromatic N) is 1. The van der Waals surface area contributed by atoms with Crippen molar-refractivity contribution in [3.63, 3.8) is 0 Å². The van der Waals surface area contributed by atoms with Gasteiger partial charge in [0, 0.05) is 13.1 Å². The monoisotopic (exact) mass is 222 g/mol. The molecule has 0 bridgehead atoms. The molecule has 1 aliphatic rings. The molecule has 0 radical (unpaired) electrons. The largest absolute Gasteiger partial charge is 0.504 e. The van der Waals surface area contributed by atoms with Crippen LogP contribution >= 0.6 is 0 Å². The summed E-state index contributed by atoms with van der Waals surface area (Å²) < 4.78 is 5.38. The number of rotatable bonds is 4. The van der Waals surface area contributed by atoms with Crippen LogP contribution in [0.4, 0.5) is 4.79 Å². The Kier molecular flexibility index (Phi) is 3.14. The lowest BCUT2D eigenvalue weighted by Crippen LogP contribution is -2.31. The van der Waals surface area contributed by atoms with Crippen LogP contribution in [0.15, 0.2) is 24.3 Å². The molecule has 2 rings (SSSR count). The molecule has 2 N–H and O–H groups in total. The predicted molar refractivity (Wildman–Crippen MR) is 58.6 cm³/mol. The average Bonchev–Trinajstić information content (AvgIpc) is 2.67. The molecule has 1 heterocycles. The van der Waals surface area contributed by atoms with Crippen molar-refractivity contribution >= 4 is 6.03 Å².